The monoisotopic (exact) mass is 305 g/mol. The summed E-state index contributed by atoms with van der Waals surface area (Å²) >= 11 is 0. The van der Waals surface area contributed by atoms with Crippen molar-refractivity contribution in [2.45, 2.75) is 6.18 Å². The minimum Gasteiger partial charge on any atom is -0.477 e. The second-order valence-corrected chi connectivity index (χ2v) is 4.80. The zero-order valence-corrected chi connectivity index (χ0v) is 11.1. The number of carbonyl (C=O) groups is 1. The molecule has 3 rings (SSSR count). The molecule has 0 amide bonds. The summed E-state index contributed by atoms with van der Waals surface area (Å²) in [5.74, 6) is -1.16. The second kappa shape index (κ2) is 4.91. The average molecular weight is 305 g/mol. The maximum atomic E-state index is 13.2. The zero-order valence-electron chi connectivity index (χ0n) is 11.1. The molecule has 3 aromatic rings. The van der Waals surface area contributed by atoms with Crippen LogP contribution in [0.2, 0.25) is 0 Å². The van der Waals surface area contributed by atoms with Gasteiger partial charge in [-0.15, -0.1) is 0 Å². The molecule has 0 atom stereocenters. The van der Waals surface area contributed by atoms with Gasteiger partial charge in [-0.25, -0.2) is 4.79 Å². The molecule has 0 bridgehead atoms. The molecule has 0 saturated carbocycles. The van der Waals surface area contributed by atoms with Crippen LogP contribution < -0.4 is 0 Å². The van der Waals surface area contributed by atoms with Crippen molar-refractivity contribution in [2.75, 3.05) is 0 Å². The lowest BCUT2D eigenvalue weighted by molar-refractivity contribution is -0.137. The van der Waals surface area contributed by atoms with E-state index in [9.17, 15) is 18.0 Å². The Balaban J connectivity index is 2.30. The summed E-state index contributed by atoms with van der Waals surface area (Å²) in [5, 5.41) is 9.57. The predicted molar refractivity (Wildman–Crippen MR) is 75.7 cm³/mol. The molecular formula is C16H10F3NO2. The van der Waals surface area contributed by atoms with Crippen molar-refractivity contribution in [3.8, 4) is 11.1 Å². The molecule has 0 saturated heterocycles. The van der Waals surface area contributed by atoms with Crippen molar-refractivity contribution < 1.29 is 23.1 Å². The van der Waals surface area contributed by atoms with E-state index in [-0.39, 0.29) is 11.3 Å². The van der Waals surface area contributed by atoms with Crippen LogP contribution in [0.5, 0.6) is 0 Å². The Bertz CT molecular complexity index is 865. The van der Waals surface area contributed by atoms with E-state index in [1.807, 2.05) is 0 Å². The molecule has 2 aromatic carbocycles. The van der Waals surface area contributed by atoms with Crippen LogP contribution in [0.1, 0.15) is 16.1 Å². The predicted octanol–water partition coefficient (Wildman–Crippen LogP) is 4.55. The van der Waals surface area contributed by atoms with Gasteiger partial charge in [0.15, 0.2) is 0 Å². The van der Waals surface area contributed by atoms with Gasteiger partial charge >= 0.3 is 12.1 Å². The van der Waals surface area contributed by atoms with E-state index in [1.54, 1.807) is 12.1 Å². The summed E-state index contributed by atoms with van der Waals surface area (Å²) in [6.45, 7) is 0. The van der Waals surface area contributed by atoms with E-state index in [0.717, 1.165) is 6.07 Å². The van der Waals surface area contributed by atoms with Crippen molar-refractivity contribution in [3.63, 3.8) is 0 Å². The lowest BCUT2D eigenvalue weighted by Crippen LogP contribution is -2.07. The van der Waals surface area contributed by atoms with Crippen molar-refractivity contribution in [1.29, 1.82) is 0 Å². The highest BCUT2D eigenvalue weighted by molar-refractivity contribution is 6.00. The van der Waals surface area contributed by atoms with Crippen molar-refractivity contribution >= 4 is 16.9 Å². The maximum absolute atomic E-state index is 13.2. The highest BCUT2D eigenvalue weighted by Crippen LogP contribution is 2.39. The Labute approximate surface area is 123 Å². The third-order valence-electron chi connectivity index (χ3n) is 3.41. The standard InChI is InChI=1S/C16H10F3NO2/c17-16(18,19)12-7-2-1-5-10(12)11-6-3-4-9-8-13(15(21)22)20-14(9)11/h1-8,20H,(H,21,22). The topological polar surface area (TPSA) is 53.1 Å². The van der Waals surface area contributed by atoms with Crippen LogP contribution in [-0.2, 0) is 6.18 Å². The average Bonchev–Trinajstić information content (AvgIpc) is 2.90. The number of alkyl halides is 3. The number of carboxylic acid groups (broad SMARTS) is 1. The van der Waals surface area contributed by atoms with Gasteiger partial charge in [0.05, 0.1) is 11.1 Å². The molecule has 6 heteroatoms. The number of aromatic nitrogens is 1. The smallest absolute Gasteiger partial charge is 0.417 e. The van der Waals surface area contributed by atoms with E-state index in [1.165, 1.54) is 30.3 Å². The normalized spacial score (nSPS) is 11.8. The molecule has 112 valence electrons. The van der Waals surface area contributed by atoms with Gasteiger partial charge in [-0.05, 0) is 17.7 Å². The molecule has 0 spiro atoms. The third-order valence-corrected chi connectivity index (χ3v) is 3.41. The summed E-state index contributed by atoms with van der Waals surface area (Å²) in [7, 11) is 0. The summed E-state index contributed by atoms with van der Waals surface area (Å²) in [4.78, 5) is 13.7. The number of H-pyrrole nitrogens is 1. The number of hydrogen-bond donors (Lipinski definition) is 2. The fraction of sp³-hybridized carbons (Fsp3) is 0.0625. The number of aromatic amines is 1. The van der Waals surface area contributed by atoms with Gasteiger partial charge in [0, 0.05) is 10.9 Å². The number of halogens is 3. The van der Waals surface area contributed by atoms with Gasteiger partial charge < -0.3 is 10.1 Å². The van der Waals surface area contributed by atoms with Crippen molar-refractivity contribution in [3.05, 3.63) is 59.8 Å². The molecule has 0 aliphatic rings. The molecule has 22 heavy (non-hydrogen) atoms. The zero-order chi connectivity index (χ0) is 15.9. The minimum atomic E-state index is -4.49. The number of aromatic carboxylic acids is 1. The largest absolute Gasteiger partial charge is 0.477 e. The molecule has 0 aliphatic carbocycles. The quantitative estimate of drug-likeness (QED) is 0.729. The number of nitrogens with one attached hydrogen (secondary N) is 1. The van der Waals surface area contributed by atoms with Crippen LogP contribution in [0, 0.1) is 0 Å². The Hall–Kier alpha value is -2.76. The Morgan fingerprint density at radius 2 is 1.68 bits per heavy atom. The van der Waals surface area contributed by atoms with Crippen LogP contribution in [0.4, 0.5) is 13.2 Å². The molecule has 0 radical (unpaired) electrons. The van der Waals surface area contributed by atoms with E-state index in [4.69, 9.17) is 5.11 Å². The number of fused-ring (bicyclic) bond motifs is 1. The minimum absolute atomic E-state index is 0.0133. The number of benzene rings is 2. The highest BCUT2D eigenvalue weighted by atomic mass is 19.4. The van der Waals surface area contributed by atoms with Crippen molar-refractivity contribution in [1.82, 2.24) is 4.98 Å². The number of hydrogen-bond acceptors (Lipinski definition) is 1. The van der Waals surface area contributed by atoms with E-state index < -0.39 is 17.7 Å². The first-order valence-corrected chi connectivity index (χ1v) is 6.39. The van der Waals surface area contributed by atoms with E-state index >= 15 is 0 Å². The van der Waals surface area contributed by atoms with Crippen LogP contribution in [-0.4, -0.2) is 16.1 Å². The Kier molecular flexibility index (Phi) is 3.16. The lowest BCUT2D eigenvalue weighted by Gasteiger charge is -2.13. The van der Waals surface area contributed by atoms with Gasteiger partial charge in [-0.1, -0.05) is 36.4 Å². The molecule has 2 N–H and O–H groups in total. The van der Waals surface area contributed by atoms with Gasteiger partial charge in [0.1, 0.15) is 5.69 Å². The number of para-hydroxylation sites is 1. The first-order chi connectivity index (χ1) is 10.4. The molecular weight excluding hydrogens is 295 g/mol. The molecule has 3 nitrogen and oxygen atoms in total. The maximum Gasteiger partial charge on any atom is 0.417 e. The molecule has 1 aromatic heterocycles. The second-order valence-electron chi connectivity index (χ2n) is 4.80. The lowest BCUT2D eigenvalue weighted by atomic mass is 9.97. The van der Waals surface area contributed by atoms with Crippen LogP contribution in [0.3, 0.4) is 0 Å². The molecule has 0 fully saturated rings. The van der Waals surface area contributed by atoms with Gasteiger partial charge in [0.2, 0.25) is 0 Å². The van der Waals surface area contributed by atoms with Crippen molar-refractivity contribution in [2.24, 2.45) is 0 Å². The fourth-order valence-electron chi connectivity index (χ4n) is 2.46. The summed E-state index contributed by atoms with van der Waals surface area (Å²) in [5.41, 5.74) is -0.116. The Morgan fingerprint density at radius 3 is 2.36 bits per heavy atom. The molecule has 0 unspecified atom stereocenters. The fourth-order valence-corrected chi connectivity index (χ4v) is 2.46. The van der Waals surface area contributed by atoms with Gasteiger partial charge in [-0.2, -0.15) is 13.2 Å². The Morgan fingerprint density at radius 1 is 1.00 bits per heavy atom. The van der Waals surface area contributed by atoms with Crippen LogP contribution in [0.15, 0.2) is 48.5 Å². The SMILES string of the molecule is O=C(O)c1cc2cccc(-c3ccccc3C(F)(F)F)c2[nH]1. The first-order valence-electron chi connectivity index (χ1n) is 6.39. The first kappa shape index (κ1) is 14.2. The van der Waals surface area contributed by atoms with Crippen LogP contribution in [0.25, 0.3) is 22.0 Å². The van der Waals surface area contributed by atoms with Crippen LogP contribution >= 0.6 is 0 Å². The third kappa shape index (κ3) is 2.32. The highest BCUT2D eigenvalue weighted by Gasteiger charge is 2.33. The summed E-state index contributed by atoms with van der Waals surface area (Å²) in [6.07, 6.45) is -4.49. The van der Waals surface area contributed by atoms with Gasteiger partial charge in [0.25, 0.3) is 0 Å². The molecule has 1 heterocycles. The number of rotatable bonds is 2. The van der Waals surface area contributed by atoms with E-state index in [2.05, 4.69) is 4.98 Å². The summed E-state index contributed by atoms with van der Waals surface area (Å²) < 4.78 is 39.5. The number of carboxylic acids is 1. The van der Waals surface area contributed by atoms with E-state index in [0.29, 0.717) is 16.5 Å². The molecule has 0 aliphatic heterocycles. The van der Waals surface area contributed by atoms with Gasteiger partial charge in [-0.3, -0.25) is 0 Å². The summed E-state index contributed by atoms with van der Waals surface area (Å²) in [6, 6.07) is 11.4.